The van der Waals surface area contributed by atoms with E-state index in [1.54, 1.807) is 6.07 Å². The SMILES string of the molecule is CCCOc1cccc(NCc2ccc(F)cc2Br)c1. The van der Waals surface area contributed by atoms with Crippen molar-refractivity contribution in [2.24, 2.45) is 0 Å². The molecule has 0 spiro atoms. The molecule has 2 rings (SSSR count). The van der Waals surface area contributed by atoms with E-state index in [2.05, 4.69) is 28.2 Å². The van der Waals surface area contributed by atoms with Gasteiger partial charge in [-0.25, -0.2) is 4.39 Å². The molecule has 0 atom stereocenters. The highest BCUT2D eigenvalue weighted by molar-refractivity contribution is 9.10. The van der Waals surface area contributed by atoms with Crippen molar-refractivity contribution in [1.82, 2.24) is 0 Å². The van der Waals surface area contributed by atoms with E-state index in [4.69, 9.17) is 4.74 Å². The van der Waals surface area contributed by atoms with Crippen molar-refractivity contribution >= 4 is 21.6 Å². The average molecular weight is 338 g/mol. The fourth-order valence-corrected chi connectivity index (χ4v) is 2.27. The third kappa shape index (κ3) is 4.23. The molecule has 0 aliphatic heterocycles. The molecule has 2 nitrogen and oxygen atoms in total. The zero-order valence-electron chi connectivity index (χ0n) is 11.3. The van der Waals surface area contributed by atoms with E-state index >= 15 is 0 Å². The molecule has 0 bridgehead atoms. The van der Waals surface area contributed by atoms with Crippen molar-refractivity contribution in [2.45, 2.75) is 19.9 Å². The second kappa shape index (κ2) is 7.29. The van der Waals surface area contributed by atoms with E-state index in [1.807, 2.05) is 24.3 Å². The molecular formula is C16H17BrFNO. The zero-order chi connectivity index (χ0) is 14.4. The van der Waals surface area contributed by atoms with Crippen molar-refractivity contribution < 1.29 is 9.13 Å². The first-order chi connectivity index (χ1) is 9.69. The molecule has 106 valence electrons. The third-order valence-electron chi connectivity index (χ3n) is 2.80. The molecule has 0 saturated heterocycles. The van der Waals surface area contributed by atoms with Gasteiger partial charge in [-0.2, -0.15) is 0 Å². The van der Waals surface area contributed by atoms with Gasteiger partial charge in [0.05, 0.1) is 6.61 Å². The Morgan fingerprint density at radius 1 is 1.20 bits per heavy atom. The van der Waals surface area contributed by atoms with Crippen LogP contribution in [0.15, 0.2) is 46.9 Å². The van der Waals surface area contributed by atoms with Crippen LogP contribution in [0.3, 0.4) is 0 Å². The maximum absolute atomic E-state index is 13.0. The second-order valence-corrected chi connectivity index (χ2v) is 5.32. The summed E-state index contributed by atoms with van der Waals surface area (Å²) in [4.78, 5) is 0. The average Bonchev–Trinajstić information content (AvgIpc) is 2.45. The highest BCUT2D eigenvalue weighted by Gasteiger charge is 2.02. The number of rotatable bonds is 6. The molecule has 0 unspecified atom stereocenters. The number of anilines is 1. The van der Waals surface area contributed by atoms with Gasteiger partial charge in [-0.05, 0) is 36.2 Å². The molecule has 2 aromatic carbocycles. The van der Waals surface area contributed by atoms with E-state index < -0.39 is 0 Å². The van der Waals surface area contributed by atoms with Gasteiger partial charge in [0.1, 0.15) is 11.6 Å². The van der Waals surface area contributed by atoms with Crippen molar-refractivity contribution in [3.63, 3.8) is 0 Å². The highest BCUT2D eigenvalue weighted by atomic mass is 79.9. The number of hydrogen-bond acceptors (Lipinski definition) is 2. The van der Waals surface area contributed by atoms with Crippen LogP contribution in [-0.2, 0) is 6.54 Å². The Balaban J connectivity index is 1.99. The van der Waals surface area contributed by atoms with E-state index in [9.17, 15) is 4.39 Å². The van der Waals surface area contributed by atoms with Gasteiger partial charge in [0, 0.05) is 22.8 Å². The summed E-state index contributed by atoms with van der Waals surface area (Å²) < 4.78 is 19.4. The quantitative estimate of drug-likeness (QED) is 0.801. The van der Waals surface area contributed by atoms with Crippen LogP contribution in [0.4, 0.5) is 10.1 Å². The summed E-state index contributed by atoms with van der Waals surface area (Å²) in [5.41, 5.74) is 1.99. The van der Waals surface area contributed by atoms with E-state index in [0.29, 0.717) is 13.2 Å². The lowest BCUT2D eigenvalue weighted by Gasteiger charge is -2.10. The van der Waals surface area contributed by atoms with Crippen LogP contribution in [0.5, 0.6) is 5.75 Å². The fourth-order valence-electron chi connectivity index (χ4n) is 1.78. The molecule has 1 N–H and O–H groups in total. The second-order valence-electron chi connectivity index (χ2n) is 4.47. The van der Waals surface area contributed by atoms with Gasteiger partial charge in [0.25, 0.3) is 0 Å². The molecule has 0 aromatic heterocycles. The first kappa shape index (κ1) is 14.9. The molecule has 0 amide bonds. The predicted octanol–water partition coefficient (Wildman–Crippen LogP) is 4.99. The topological polar surface area (TPSA) is 21.3 Å². The normalized spacial score (nSPS) is 10.3. The van der Waals surface area contributed by atoms with Crippen LogP contribution in [0.2, 0.25) is 0 Å². The minimum Gasteiger partial charge on any atom is -0.494 e. The molecule has 0 heterocycles. The zero-order valence-corrected chi connectivity index (χ0v) is 12.9. The summed E-state index contributed by atoms with van der Waals surface area (Å²) in [6.07, 6.45) is 0.986. The summed E-state index contributed by atoms with van der Waals surface area (Å²) in [6, 6.07) is 12.5. The molecule has 0 aliphatic rings. The minimum absolute atomic E-state index is 0.240. The summed E-state index contributed by atoms with van der Waals surface area (Å²) in [7, 11) is 0. The largest absolute Gasteiger partial charge is 0.494 e. The summed E-state index contributed by atoms with van der Waals surface area (Å²) in [6.45, 7) is 3.42. The van der Waals surface area contributed by atoms with Crippen molar-refractivity contribution in [3.8, 4) is 5.75 Å². The Bertz CT molecular complexity index is 574. The lowest BCUT2D eigenvalue weighted by Crippen LogP contribution is -2.01. The van der Waals surface area contributed by atoms with E-state index in [1.165, 1.54) is 12.1 Å². The molecule has 0 fully saturated rings. The van der Waals surface area contributed by atoms with Gasteiger partial charge in [-0.1, -0.05) is 35.0 Å². The monoisotopic (exact) mass is 337 g/mol. The Kier molecular flexibility index (Phi) is 5.41. The van der Waals surface area contributed by atoms with E-state index in [0.717, 1.165) is 27.9 Å². The van der Waals surface area contributed by atoms with Crippen LogP contribution < -0.4 is 10.1 Å². The molecule has 2 aromatic rings. The first-order valence-corrected chi connectivity index (χ1v) is 7.39. The standard InChI is InChI=1S/C16H17BrFNO/c1-2-8-20-15-5-3-4-14(10-15)19-11-12-6-7-13(18)9-16(12)17/h3-7,9-10,19H,2,8,11H2,1H3. The molecule has 0 saturated carbocycles. The molecular weight excluding hydrogens is 321 g/mol. The third-order valence-corrected chi connectivity index (χ3v) is 3.54. The molecule has 0 aliphatic carbocycles. The van der Waals surface area contributed by atoms with Crippen LogP contribution in [0, 0.1) is 5.82 Å². The Morgan fingerprint density at radius 3 is 2.80 bits per heavy atom. The molecule has 20 heavy (non-hydrogen) atoms. The maximum atomic E-state index is 13.0. The number of halogens is 2. The lowest BCUT2D eigenvalue weighted by molar-refractivity contribution is 0.317. The van der Waals surface area contributed by atoms with Crippen LogP contribution in [0.1, 0.15) is 18.9 Å². The smallest absolute Gasteiger partial charge is 0.124 e. The van der Waals surface area contributed by atoms with Crippen molar-refractivity contribution in [1.29, 1.82) is 0 Å². The fraction of sp³-hybridized carbons (Fsp3) is 0.250. The van der Waals surface area contributed by atoms with Crippen molar-refractivity contribution in [2.75, 3.05) is 11.9 Å². The summed E-state index contributed by atoms with van der Waals surface area (Å²) in [5.74, 6) is 0.616. The van der Waals surface area contributed by atoms with E-state index in [-0.39, 0.29) is 5.82 Å². The maximum Gasteiger partial charge on any atom is 0.124 e. The number of hydrogen-bond donors (Lipinski definition) is 1. The van der Waals surface area contributed by atoms with Gasteiger partial charge < -0.3 is 10.1 Å². The minimum atomic E-state index is -0.240. The number of ether oxygens (including phenoxy) is 1. The van der Waals surface area contributed by atoms with Gasteiger partial charge in [-0.3, -0.25) is 0 Å². The Hall–Kier alpha value is -1.55. The van der Waals surface area contributed by atoms with Crippen LogP contribution in [0.25, 0.3) is 0 Å². The van der Waals surface area contributed by atoms with Crippen LogP contribution in [-0.4, -0.2) is 6.61 Å². The van der Waals surface area contributed by atoms with Crippen LogP contribution >= 0.6 is 15.9 Å². The lowest BCUT2D eigenvalue weighted by atomic mass is 10.2. The Morgan fingerprint density at radius 2 is 2.05 bits per heavy atom. The summed E-state index contributed by atoms with van der Waals surface area (Å²) in [5, 5.41) is 3.31. The highest BCUT2D eigenvalue weighted by Crippen LogP contribution is 2.21. The van der Waals surface area contributed by atoms with Gasteiger partial charge in [0.15, 0.2) is 0 Å². The van der Waals surface area contributed by atoms with Gasteiger partial charge >= 0.3 is 0 Å². The summed E-state index contributed by atoms with van der Waals surface area (Å²) >= 11 is 3.36. The molecule has 0 radical (unpaired) electrons. The Labute approximate surface area is 127 Å². The van der Waals surface area contributed by atoms with Gasteiger partial charge in [0.2, 0.25) is 0 Å². The number of nitrogens with one attached hydrogen (secondary N) is 1. The van der Waals surface area contributed by atoms with Gasteiger partial charge in [-0.15, -0.1) is 0 Å². The molecule has 4 heteroatoms. The predicted molar refractivity (Wildman–Crippen MR) is 83.7 cm³/mol. The number of benzene rings is 2. The first-order valence-electron chi connectivity index (χ1n) is 6.59. The van der Waals surface area contributed by atoms with Crippen molar-refractivity contribution in [3.05, 3.63) is 58.3 Å².